The van der Waals surface area contributed by atoms with E-state index in [1.165, 1.54) is 36.0 Å². The fourth-order valence-electron chi connectivity index (χ4n) is 1.38. The van der Waals surface area contributed by atoms with Gasteiger partial charge in [0.2, 0.25) is 5.91 Å². The van der Waals surface area contributed by atoms with Crippen molar-refractivity contribution < 1.29 is 14.7 Å². The third-order valence-corrected chi connectivity index (χ3v) is 3.15. The highest BCUT2D eigenvalue weighted by atomic mass is 32.2. The van der Waals surface area contributed by atoms with Gasteiger partial charge in [-0.3, -0.25) is 4.79 Å². The molecule has 20 heavy (non-hydrogen) atoms. The predicted octanol–water partition coefficient (Wildman–Crippen LogP) is 0.571. The minimum Gasteiger partial charge on any atom is -0.545 e. The Bertz CT molecular complexity index is 602. The van der Waals surface area contributed by atoms with Crippen LogP contribution in [0, 0.1) is 0 Å². The highest BCUT2D eigenvalue weighted by molar-refractivity contribution is 7.99. The summed E-state index contributed by atoms with van der Waals surface area (Å²) in [5.74, 6) is -1.30. The van der Waals surface area contributed by atoms with Crippen LogP contribution in [0.25, 0.3) is 0 Å². The molecule has 7 heteroatoms. The molecule has 2 rings (SSSR count). The summed E-state index contributed by atoms with van der Waals surface area (Å²) >= 11 is 1.22. The van der Waals surface area contributed by atoms with E-state index in [0.29, 0.717) is 10.8 Å². The third kappa shape index (κ3) is 4.06. The highest BCUT2D eigenvalue weighted by Crippen LogP contribution is 2.13. The monoisotopic (exact) mass is 288 g/mol. The number of nitrogens with one attached hydrogen (secondary N) is 1. The number of hydrogen-bond donors (Lipinski definition) is 1. The number of carboxylic acids is 1. The van der Waals surface area contributed by atoms with Crippen LogP contribution in [-0.4, -0.2) is 27.6 Å². The molecule has 1 aromatic heterocycles. The van der Waals surface area contributed by atoms with Crippen LogP contribution < -0.4 is 10.4 Å². The minimum atomic E-state index is -1.25. The van der Waals surface area contributed by atoms with Gasteiger partial charge in [-0.15, -0.1) is 0 Å². The Morgan fingerprint density at radius 2 is 1.80 bits per heavy atom. The Morgan fingerprint density at radius 1 is 1.15 bits per heavy atom. The number of nitrogens with zero attached hydrogens (tertiary/aromatic N) is 2. The number of aromatic carboxylic acids is 1. The number of benzene rings is 1. The van der Waals surface area contributed by atoms with Crippen molar-refractivity contribution in [3.63, 3.8) is 0 Å². The first kappa shape index (κ1) is 14.0. The largest absolute Gasteiger partial charge is 0.545 e. The molecule has 6 nitrogen and oxygen atoms in total. The number of thioether (sulfide) groups is 1. The van der Waals surface area contributed by atoms with Gasteiger partial charge in [0, 0.05) is 18.1 Å². The number of carbonyl (C=O) groups is 2. The number of anilines is 1. The van der Waals surface area contributed by atoms with Crippen molar-refractivity contribution in [2.24, 2.45) is 0 Å². The summed E-state index contributed by atoms with van der Waals surface area (Å²) in [7, 11) is 0. The second-order valence-electron chi connectivity index (χ2n) is 3.73. The van der Waals surface area contributed by atoms with E-state index in [2.05, 4.69) is 15.3 Å². The maximum Gasteiger partial charge on any atom is 0.234 e. The Morgan fingerprint density at radius 3 is 2.40 bits per heavy atom. The molecular weight excluding hydrogens is 278 g/mol. The molecule has 0 bridgehead atoms. The number of carboxylic acid groups (broad SMARTS) is 1. The van der Waals surface area contributed by atoms with Crippen LogP contribution in [0.5, 0.6) is 0 Å². The van der Waals surface area contributed by atoms with Crippen molar-refractivity contribution >= 4 is 29.3 Å². The van der Waals surface area contributed by atoms with Gasteiger partial charge >= 0.3 is 0 Å². The van der Waals surface area contributed by atoms with Crippen molar-refractivity contribution in [1.82, 2.24) is 9.97 Å². The Labute approximate surface area is 119 Å². The van der Waals surface area contributed by atoms with Gasteiger partial charge in [-0.25, -0.2) is 9.97 Å². The van der Waals surface area contributed by atoms with Crippen molar-refractivity contribution in [1.29, 1.82) is 0 Å². The number of rotatable bonds is 5. The van der Waals surface area contributed by atoms with Crippen LogP contribution in [0.2, 0.25) is 0 Å². The van der Waals surface area contributed by atoms with Gasteiger partial charge < -0.3 is 15.2 Å². The minimum absolute atomic E-state index is 0.0649. The maximum absolute atomic E-state index is 11.7. The van der Waals surface area contributed by atoms with Gasteiger partial charge in [0.05, 0.1) is 11.7 Å². The van der Waals surface area contributed by atoms with E-state index in [0.717, 1.165) is 0 Å². The van der Waals surface area contributed by atoms with Gasteiger partial charge in [0.25, 0.3) is 0 Å². The van der Waals surface area contributed by atoms with Gasteiger partial charge in [-0.1, -0.05) is 23.9 Å². The second kappa shape index (κ2) is 6.67. The summed E-state index contributed by atoms with van der Waals surface area (Å²) in [5.41, 5.74) is 0.588. The summed E-state index contributed by atoms with van der Waals surface area (Å²) in [6.07, 6.45) is 3.21. The highest BCUT2D eigenvalue weighted by Gasteiger charge is 2.05. The van der Waals surface area contributed by atoms with Crippen LogP contribution in [-0.2, 0) is 4.79 Å². The summed E-state index contributed by atoms with van der Waals surface area (Å²) in [4.78, 5) is 30.2. The molecule has 1 aromatic carbocycles. The number of hydrogen-bond acceptors (Lipinski definition) is 6. The third-order valence-electron chi connectivity index (χ3n) is 2.28. The average Bonchev–Trinajstić information content (AvgIpc) is 2.47. The van der Waals surface area contributed by atoms with Crippen LogP contribution in [0.3, 0.4) is 0 Å². The van der Waals surface area contributed by atoms with Crippen molar-refractivity contribution in [3.8, 4) is 0 Å². The van der Waals surface area contributed by atoms with Crippen molar-refractivity contribution in [3.05, 3.63) is 48.3 Å². The molecule has 0 spiro atoms. The summed E-state index contributed by atoms with van der Waals surface area (Å²) in [5, 5.41) is 13.8. The first-order valence-corrected chi connectivity index (χ1v) is 6.65. The average molecular weight is 288 g/mol. The van der Waals surface area contributed by atoms with Crippen LogP contribution in [0.4, 0.5) is 5.69 Å². The molecule has 0 aliphatic heterocycles. The maximum atomic E-state index is 11.7. The second-order valence-corrected chi connectivity index (χ2v) is 4.68. The molecule has 2 aromatic rings. The van der Waals surface area contributed by atoms with Gasteiger partial charge in [0.1, 0.15) is 0 Å². The van der Waals surface area contributed by atoms with Crippen LogP contribution in [0.1, 0.15) is 10.4 Å². The van der Waals surface area contributed by atoms with E-state index in [1.54, 1.807) is 18.5 Å². The topological polar surface area (TPSA) is 95.0 Å². The van der Waals surface area contributed by atoms with Crippen molar-refractivity contribution in [2.45, 2.75) is 5.16 Å². The molecule has 0 radical (unpaired) electrons. The number of carbonyl (C=O) groups excluding carboxylic acids is 2. The molecule has 0 unspecified atom stereocenters. The zero-order chi connectivity index (χ0) is 14.4. The molecule has 0 saturated heterocycles. The molecule has 1 heterocycles. The molecule has 0 atom stereocenters. The number of aromatic nitrogens is 2. The van der Waals surface area contributed by atoms with Crippen LogP contribution >= 0.6 is 11.8 Å². The van der Waals surface area contributed by atoms with Gasteiger partial charge in [-0.2, -0.15) is 0 Å². The summed E-state index contributed by atoms with van der Waals surface area (Å²) in [6.45, 7) is 0. The quantitative estimate of drug-likeness (QED) is 0.638. The molecule has 0 saturated carbocycles. The lowest BCUT2D eigenvalue weighted by Crippen LogP contribution is -2.22. The zero-order valence-corrected chi connectivity index (χ0v) is 11.1. The lowest BCUT2D eigenvalue weighted by molar-refractivity contribution is -0.255. The predicted molar refractivity (Wildman–Crippen MR) is 72.2 cm³/mol. The standard InChI is InChI=1S/C13H11N3O3S/c17-11(8-20-13-14-6-1-7-15-13)16-10-4-2-9(3-5-10)12(18)19/h1-7H,8H2,(H,16,17)(H,18,19)/p-1. The van der Waals surface area contributed by atoms with Crippen LogP contribution in [0.15, 0.2) is 47.9 Å². The lowest BCUT2D eigenvalue weighted by atomic mass is 10.2. The van der Waals surface area contributed by atoms with E-state index < -0.39 is 5.97 Å². The van der Waals surface area contributed by atoms with E-state index in [1.807, 2.05) is 0 Å². The fourth-order valence-corrected chi connectivity index (χ4v) is 1.98. The van der Waals surface area contributed by atoms with Gasteiger partial charge in [0.15, 0.2) is 5.16 Å². The van der Waals surface area contributed by atoms with E-state index in [9.17, 15) is 14.7 Å². The van der Waals surface area contributed by atoms with Gasteiger partial charge in [-0.05, 0) is 23.8 Å². The first-order valence-electron chi connectivity index (χ1n) is 5.66. The number of amides is 1. The fraction of sp³-hybridized carbons (Fsp3) is 0.0769. The summed E-state index contributed by atoms with van der Waals surface area (Å²) in [6, 6.07) is 7.46. The molecule has 1 amide bonds. The first-order chi connectivity index (χ1) is 9.65. The molecular formula is C13H10N3O3S-. The zero-order valence-electron chi connectivity index (χ0n) is 10.3. The Balaban J connectivity index is 1.86. The van der Waals surface area contributed by atoms with E-state index in [-0.39, 0.29) is 17.2 Å². The van der Waals surface area contributed by atoms with E-state index >= 15 is 0 Å². The molecule has 0 fully saturated rings. The smallest absolute Gasteiger partial charge is 0.234 e. The normalized spacial score (nSPS) is 10.0. The van der Waals surface area contributed by atoms with E-state index in [4.69, 9.17) is 0 Å². The Hall–Kier alpha value is -2.41. The molecule has 0 aliphatic rings. The summed E-state index contributed by atoms with van der Waals surface area (Å²) < 4.78 is 0. The molecule has 1 N–H and O–H groups in total. The Kier molecular flexibility index (Phi) is 4.67. The molecule has 0 aliphatic carbocycles. The SMILES string of the molecule is O=C(CSc1ncccn1)Nc1ccc(C(=O)[O-])cc1. The lowest BCUT2D eigenvalue weighted by Gasteiger charge is -2.06. The molecule has 102 valence electrons. The van der Waals surface area contributed by atoms with Crippen molar-refractivity contribution in [2.75, 3.05) is 11.1 Å².